The Morgan fingerprint density at radius 2 is 0.944 bits per heavy atom. The fourth-order valence-electron chi connectivity index (χ4n) is 3.02. The highest BCUT2D eigenvalue weighted by Gasteiger charge is 2.30. The maximum Gasteiger partial charge on any atom is -0.0358 e. The van der Waals surface area contributed by atoms with E-state index in [4.69, 9.17) is 0 Å². The van der Waals surface area contributed by atoms with Crippen LogP contribution in [0.2, 0.25) is 0 Å². The van der Waals surface area contributed by atoms with Crippen molar-refractivity contribution in [1.29, 1.82) is 0 Å². The third-order valence-electron chi connectivity index (χ3n) is 5.36. The van der Waals surface area contributed by atoms with Gasteiger partial charge in [-0.2, -0.15) is 0 Å². The van der Waals surface area contributed by atoms with Crippen molar-refractivity contribution < 1.29 is 0 Å². The number of hydrogen-bond acceptors (Lipinski definition) is 0. The molecule has 0 spiro atoms. The van der Waals surface area contributed by atoms with Gasteiger partial charge in [0.2, 0.25) is 0 Å². The second-order valence-corrected chi connectivity index (χ2v) is 7.70. The quantitative estimate of drug-likeness (QED) is 0.479. The van der Waals surface area contributed by atoms with Crippen LogP contribution >= 0.6 is 0 Å². The monoisotopic (exact) mass is 254 g/mol. The predicted molar refractivity (Wildman–Crippen MR) is 84.7 cm³/mol. The molecule has 4 unspecified atom stereocenters. The predicted octanol–water partition coefficient (Wildman–Crippen LogP) is 6.26. The highest BCUT2D eigenvalue weighted by atomic mass is 14.3. The average Bonchev–Trinajstić information content (AvgIpc) is 2.26. The second-order valence-electron chi connectivity index (χ2n) is 7.70. The largest absolute Gasteiger partial charge is 0.0628 e. The first-order chi connectivity index (χ1) is 8.18. The molecular weight excluding hydrogens is 216 g/mol. The third kappa shape index (κ3) is 5.76. The topological polar surface area (TPSA) is 0 Å². The maximum absolute atomic E-state index is 2.49. The van der Waals surface area contributed by atoms with Crippen molar-refractivity contribution in [3.05, 3.63) is 0 Å². The number of hydrogen-bond donors (Lipinski definition) is 0. The molecule has 0 aliphatic heterocycles. The summed E-state index contributed by atoms with van der Waals surface area (Å²) in [6.07, 6.45) is 2.80. The minimum absolute atomic E-state index is 0.806. The summed E-state index contributed by atoms with van der Waals surface area (Å²) in [5, 5.41) is 0. The van der Waals surface area contributed by atoms with Crippen LogP contribution in [0.15, 0.2) is 0 Å². The summed E-state index contributed by atoms with van der Waals surface area (Å²) in [5.41, 5.74) is 0. The number of rotatable bonds is 8. The SMILES string of the molecule is CC(C)CCC(C(C)C(C)C)C(C)C(C)C(C)C. The first-order valence-corrected chi connectivity index (χ1v) is 8.18. The van der Waals surface area contributed by atoms with Gasteiger partial charge in [0.15, 0.2) is 0 Å². The van der Waals surface area contributed by atoms with Gasteiger partial charge in [-0.3, -0.25) is 0 Å². The summed E-state index contributed by atoms with van der Waals surface area (Å²) in [5.74, 6) is 5.88. The Bertz CT molecular complexity index is 202. The molecule has 0 saturated heterocycles. The standard InChI is InChI=1S/C18H38/c1-12(2)10-11-18(16(8)14(5)6)17(9)15(7)13(3)4/h12-18H,10-11H2,1-9H3. The lowest BCUT2D eigenvalue weighted by molar-refractivity contribution is 0.121. The van der Waals surface area contributed by atoms with Crippen molar-refractivity contribution >= 4 is 0 Å². The van der Waals surface area contributed by atoms with Gasteiger partial charge in [0, 0.05) is 0 Å². The molecule has 4 atom stereocenters. The minimum Gasteiger partial charge on any atom is -0.0628 e. The van der Waals surface area contributed by atoms with E-state index in [1.54, 1.807) is 0 Å². The van der Waals surface area contributed by atoms with E-state index >= 15 is 0 Å². The van der Waals surface area contributed by atoms with Gasteiger partial charge in [-0.25, -0.2) is 0 Å². The van der Waals surface area contributed by atoms with E-state index in [0.29, 0.717) is 0 Å². The zero-order chi connectivity index (χ0) is 14.5. The Morgan fingerprint density at radius 3 is 1.28 bits per heavy atom. The van der Waals surface area contributed by atoms with Crippen LogP contribution in [0.25, 0.3) is 0 Å². The molecule has 0 heteroatoms. The molecule has 0 nitrogen and oxygen atoms in total. The smallest absolute Gasteiger partial charge is 0.0358 e. The van der Waals surface area contributed by atoms with Crippen LogP contribution in [0.4, 0.5) is 0 Å². The molecule has 0 heterocycles. The Hall–Kier alpha value is 0. The van der Waals surface area contributed by atoms with E-state index in [2.05, 4.69) is 62.3 Å². The van der Waals surface area contributed by atoms with Gasteiger partial charge in [-0.15, -0.1) is 0 Å². The van der Waals surface area contributed by atoms with E-state index in [1.807, 2.05) is 0 Å². The molecule has 0 aliphatic rings. The van der Waals surface area contributed by atoms with Crippen LogP contribution in [0.1, 0.15) is 75.2 Å². The molecule has 0 aromatic rings. The van der Waals surface area contributed by atoms with Crippen LogP contribution in [0.3, 0.4) is 0 Å². The van der Waals surface area contributed by atoms with Gasteiger partial charge in [0.25, 0.3) is 0 Å². The molecule has 0 bridgehead atoms. The third-order valence-corrected chi connectivity index (χ3v) is 5.36. The van der Waals surface area contributed by atoms with E-state index in [9.17, 15) is 0 Å². The summed E-state index contributed by atoms with van der Waals surface area (Å²) in [7, 11) is 0. The Morgan fingerprint density at radius 1 is 0.500 bits per heavy atom. The summed E-state index contributed by atoms with van der Waals surface area (Å²) in [6.45, 7) is 21.7. The van der Waals surface area contributed by atoms with Gasteiger partial charge in [-0.1, -0.05) is 68.7 Å². The van der Waals surface area contributed by atoms with Crippen molar-refractivity contribution in [3.8, 4) is 0 Å². The van der Waals surface area contributed by atoms with Gasteiger partial charge in [0.05, 0.1) is 0 Å². The van der Waals surface area contributed by atoms with Gasteiger partial charge in [0.1, 0.15) is 0 Å². The average molecular weight is 255 g/mol. The molecule has 0 fully saturated rings. The highest BCUT2D eigenvalue weighted by molar-refractivity contribution is 4.79. The molecule has 0 rings (SSSR count). The Labute approximate surface area is 117 Å². The summed E-state index contributed by atoms with van der Waals surface area (Å²) in [4.78, 5) is 0. The molecular formula is C18H38. The van der Waals surface area contributed by atoms with Crippen molar-refractivity contribution in [1.82, 2.24) is 0 Å². The minimum atomic E-state index is 0.806. The van der Waals surface area contributed by atoms with E-state index in [1.165, 1.54) is 12.8 Å². The van der Waals surface area contributed by atoms with Gasteiger partial charge in [-0.05, 0) is 47.8 Å². The fourth-order valence-corrected chi connectivity index (χ4v) is 3.02. The van der Waals surface area contributed by atoms with Crippen molar-refractivity contribution in [3.63, 3.8) is 0 Å². The van der Waals surface area contributed by atoms with E-state index < -0.39 is 0 Å². The Balaban J connectivity index is 4.73. The fraction of sp³-hybridized carbons (Fsp3) is 1.00. The normalized spacial score (nSPS) is 19.3. The van der Waals surface area contributed by atoms with Gasteiger partial charge < -0.3 is 0 Å². The zero-order valence-electron chi connectivity index (χ0n) is 14.5. The van der Waals surface area contributed by atoms with Crippen molar-refractivity contribution in [2.75, 3.05) is 0 Å². The van der Waals surface area contributed by atoms with Crippen LogP contribution in [0, 0.1) is 41.4 Å². The molecule has 18 heavy (non-hydrogen) atoms. The highest BCUT2D eigenvalue weighted by Crippen LogP contribution is 2.37. The molecule has 0 saturated carbocycles. The second kappa shape index (κ2) is 8.23. The lowest BCUT2D eigenvalue weighted by Gasteiger charge is -2.37. The zero-order valence-corrected chi connectivity index (χ0v) is 14.5. The van der Waals surface area contributed by atoms with E-state index in [0.717, 1.165) is 41.4 Å². The molecule has 0 aromatic heterocycles. The molecule has 0 aromatic carbocycles. The van der Waals surface area contributed by atoms with Crippen molar-refractivity contribution in [2.45, 2.75) is 75.2 Å². The lowest BCUT2D eigenvalue weighted by Crippen LogP contribution is -2.30. The molecule has 0 radical (unpaired) electrons. The molecule has 110 valence electrons. The molecule has 0 amide bonds. The summed E-state index contributed by atoms with van der Waals surface area (Å²) >= 11 is 0. The van der Waals surface area contributed by atoms with Gasteiger partial charge >= 0.3 is 0 Å². The van der Waals surface area contributed by atoms with Crippen LogP contribution in [0.5, 0.6) is 0 Å². The molecule has 0 aliphatic carbocycles. The van der Waals surface area contributed by atoms with Crippen LogP contribution in [-0.4, -0.2) is 0 Å². The summed E-state index contributed by atoms with van der Waals surface area (Å²) < 4.78 is 0. The summed E-state index contributed by atoms with van der Waals surface area (Å²) in [6, 6.07) is 0. The maximum atomic E-state index is 2.49. The van der Waals surface area contributed by atoms with E-state index in [-0.39, 0.29) is 0 Å². The lowest BCUT2D eigenvalue weighted by atomic mass is 9.68. The Kier molecular flexibility index (Phi) is 8.23. The molecule has 0 N–H and O–H groups in total. The van der Waals surface area contributed by atoms with Crippen LogP contribution < -0.4 is 0 Å². The van der Waals surface area contributed by atoms with Crippen LogP contribution in [-0.2, 0) is 0 Å². The van der Waals surface area contributed by atoms with Crippen molar-refractivity contribution in [2.24, 2.45) is 41.4 Å². The first-order valence-electron chi connectivity index (χ1n) is 8.18. The first kappa shape index (κ1) is 18.0.